The van der Waals surface area contributed by atoms with Crippen LogP contribution < -0.4 is 10.6 Å². The van der Waals surface area contributed by atoms with Crippen molar-refractivity contribution in [3.63, 3.8) is 0 Å². The van der Waals surface area contributed by atoms with Crippen molar-refractivity contribution in [3.05, 3.63) is 60.1 Å². The molecule has 3 aromatic rings. The molecule has 0 aliphatic carbocycles. The molecule has 1 atom stereocenters. The van der Waals surface area contributed by atoms with E-state index in [0.29, 0.717) is 5.82 Å². The lowest BCUT2D eigenvalue weighted by molar-refractivity contribution is -0.117. The molecule has 0 saturated heterocycles. The highest BCUT2D eigenvalue weighted by Crippen LogP contribution is 2.23. The number of aromatic amines is 1. The van der Waals surface area contributed by atoms with Gasteiger partial charge in [0.15, 0.2) is 11.6 Å². The van der Waals surface area contributed by atoms with Gasteiger partial charge in [0, 0.05) is 11.6 Å². The summed E-state index contributed by atoms with van der Waals surface area (Å²) in [4.78, 5) is 24.1. The van der Waals surface area contributed by atoms with Gasteiger partial charge >= 0.3 is 0 Å². The number of amides is 2. The Hall–Kier alpha value is -3.35. The van der Waals surface area contributed by atoms with Crippen molar-refractivity contribution in [1.29, 1.82) is 0 Å². The van der Waals surface area contributed by atoms with Crippen LogP contribution in [0.25, 0.3) is 11.3 Å². The van der Waals surface area contributed by atoms with Crippen molar-refractivity contribution in [3.8, 4) is 11.3 Å². The highest BCUT2D eigenvalue weighted by molar-refractivity contribution is 5.99. The fourth-order valence-electron chi connectivity index (χ4n) is 2.37. The number of furan rings is 1. The van der Waals surface area contributed by atoms with Crippen LogP contribution in [0.15, 0.2) is 53.1 Å². The van der Waals surface area contributed by atoms with E-state index < -0.39 is 11.9 Å². The second-order valence-electron chi connectivity index (χ2n) is 5.64. The molecule has 0 aliphatic rings. The molecule has 25 heavy (non-hydrogen) atoms. The minimum absolute atomic E-state index is 0.154. The number of anilines is 1. The Labute approximate surface area is 144 Å². The van der Waals surface area contributed by atoms with Crippen LogP contribution in [0.5, 0.6) is 0 Å². The molecule has 0 unspecified atom stereocenters. The van der Waals surface area contributed by atoms with Crippen molar-refractivity contribution >= 4 is 17.6 Å². The fourth-order valence-corrected chi connectivity index (χ4v) is 2.37. The van der Waals surface area contributed by atoms with Gasteiger partial charge < -0.3 is 15.1 Å². The Morgan fingerprint density at radius 3 is 2.72 bits per heavy atom. The Morgan fingerprint density at radius 1 is 1.20 bits per heavy atom. The van der Waals surface area contributed by atoms with E-state index in [9.17, 15) is 9.59 Å². The quantitative estimate of drug-likeness (QED) is 0.666. The van der Waals surface area contributed by atoms with Crippen LogP contribution in [0.3, 0.4) is 0 Å². The maximum absolute atomic E-state index is 12.2. The molecule has 0 radical (unpaired) electrons. The van der Waals surface area contributed by atoms with Crippen molar-refractivity contribution in [2.75, 3.05) is 5.32 Å². The van der Waals surface area contributed by atoms with Crippen LogP contribution in [0.4, 0.5) is 5.82 Å². The molecule has 2 aromatic heterocycles. The first-order valence-electron chi connectivity index (χ1n) is 7.81. The van der Waals surface area contributed by atoms with Crippen molar-refractivity contribution < 1.29 is 14.0 Å². The summed E-state index contributed by atoms with van der Waals surface area (Å²) in [6.07, 6.45) is 1.40. The highest BCUT2D eigenvalue weighted by atomic mass is 16.3. The molecule has 7 nitrogen and oxygen atoms in total. The normalized spacial score (nSPS) is 11.8. The van der Waals surface area contributed by atoms with Gasteiger partial charge in [-0.15, -0.1) is 0 Å². The van der Waals surface area contributed by atoms with Crippen molar-refractivity contribution in [2.24, 2.45) is 0 Å². The van der Waals surface area contributed by atoms with E-state index in [2.05, 4.69) is 20.8 Å². The number of nitrogens with one attached hydrogen (secondary N) is 3. The van der Waals surface area contributed by atoms with Gasteiger partial charge in [0.2, 0.25) is 5.91 Å². The number of aryl methyl sites for hydroxylation is 1. The lowest BCUT2D eigenvalue weighted by Gasteiger charge is -2.11. The smallest absolute Gasteiger partial charge is 0.287 e. The molecule has 2 heterocycles. The standard InChI is InChI=1S/C18H18N4O3/c1-11-6-3-4-7-13(11)14-10-16(22-21-14)20-17(23)12(2)19-18(24)15-8-5-9-25-15/h3-10,12H,1-2H3,(H,19,24)(H2,20,21,22,23)/t12-/m0/s1. The summed E-state index contributed by atoms with van der Waals surface area (Å²) >= 11 is 0. The highest BCUT2D eigenvalue weighted by Gasteiger charge is 2.19. The molecule has 2 amide bonds. The molecule has 3 rings (SSSR count). The number of carbonyl (C=O) groups is 2. The van der Waals surface area contributed by atoms with E-state index in [1.807, 2.05) is 31.2 Å². The molecular formula is C18H18N4O3. The number of carbonyl (C=O) groups excluding carboxylic acids is 2. The van der Waals surface area contributed by atoms with Crippen LogP contribution >= 0.6 is 0 Å². The van der Waals surface area contributed by atoms with Gasteiger partial charge in [0.05, 0.1) is 12.0 Å². The largest absolute Gasteiger partial charge is 0.459 e. The molecule has 0 spiro atoms. The molecule has 0 saturated carbocycles. The Balaban J connectivity index is 1.63. The number of rotatable bonds is 5. The van der Waals surface area contributed by atoms with Crippen LogP contribution in [0.1, 0.15) is 23.0 Å². The number of benzene rings is 1. The lowest BCUT2D eigenvalue weighted by Crippen LogP contribution is -2.41. The number of nitrogens with zero attached hydrogens (tertiary/aromatic N) is 1. The number of hydrogen-bond acceptors (Lipinski definition) is 4. The Bertz CT molecular complexity index is 883. The fraction of sp³-hybridized carbons (Fsp3) is 0.167. The second-order valence-corrected chi connectivity index (χ2v) is 5.64. The van der Waals surface area contributed by atoms with Gasteiger partial charge in [-0.2, -0.15) is 5.10 Å². The Morgan fingerprint density at radius 2 is 2.00 bits per heavy atom. The zero-order valence-corrected chi connectivity index (χ0v) is 13.9. The van der Waals surface area contributed by atoms with Gasteiger partial charge in [0.25, 0.3) is 5.91 Å². The molecule has 0 bridgehead atoms. The monoisotopic (exact) mass is 338 g/mol. The van der Waals surface area contributed by atoms with Crippen molar-refractivity contribution in [1.82, 2.24) is 15.5 Å². The first-order valence-corrected chi connectivity index (χ1v) is 7.81. The zero-order valence-electron chi connectivity index (χ0n) is 13.9. The van der Waals surface area contributed by atoms with Gasteiger partial charge in [0.1, 0.15) is 6.04 Å². The average Bonchev–Trinajstić information content (AvgIpc) is 3.27. The first kappa shape index (κ1) is 16.5. The summed E-state index contributed by atoms with van der Waals surface area (Å²) in [6.45, 7) is 3.59. The molecule has 7 heteroatoms. The molecule has 0 fully saturated rings. The van der Waals surface area contributed by atoms with E-state index in [-0.39, 0.29) is 11.7 Å². The van der Waals surface area contributed by atoms with E-state index in [1.165, 1.54) is 12.3 Å². The predicted molar refractivity (Wildman–Crippen MR) is 93.0 cm³/mol. The van der Waals surface area contributed by atoms with Crippen molar-refractivity contribution in [2.45, 2.75) is 19.9 Å². The van der Waals surface area contributed by atoms with Crippen LogP contribution in [0, 0.1) is 6.92 Å². The average molecular weight is 338 g/mol. The van der Waals surface area contributed by atoms with E-state index in [0.717, 1.165) is 16.8 Å². The summed E-state index contributed by atoms with van der Waals surface area (Å²) < 4.78 is 5.00. The molecule has 0 aliphatic heterocycles. The van der Waals surface area contributed by atoms with Gasteiger partial charge in [-0.1, -0.05) is 24.3 Å². The maximum Gasteiger partial charge on any atom is 0.287 e. The SMILES string of the molecule is Cc1ccccc1-c1cc(NC(=O)[C@H](C)NC(=O)c2ccco2)n[nH]1. The molecular weight excluding hydrogens is 320 g/mol. The van der Waals surface area contributed by atoms with Crippen LogP contribution in [-0.4, -0.2) is 28.1 Å². The predicted octanol–water partition coefficient (Wildman–Crippen LogP) is 2.74. The zero-order chi connectivity index (χ0) is 17.8. The third-order valence-electron chi connectivity index (χ3n) is 3.75. The summed E-state index contributed by atoms with van der Waals surface area (Å²) in [5.74, 6) is -0.276. The summed E-state index contributed by atoms with van der Waals surface area (Å²) in [6, 6.07) is 12.0. The second kappa shape index (κ2) is 7.04. The third kappa shape index (κ3) is 3.77. The molecule has 128 valence electrons. The number of aromatic nitrogens is 2. The number of H-pyrrole nitrogens is 1. The third-order valence-corrected chi connectivity index (χ3v) is 3.75. The van der Waals surface area contributed by atoms with E-state index in [4.69, 9.17) is 4.42 Å². The minimum atomic E-state index is -0.740. The lowest BCUT2D eigenvalue weighted by atomic mass is 10.1. The summed E-state index contributed by atoms with van der Waals surface area (Å²) in [5, 5.41) is 12.2. The van der Waals surface area contributed by atoms with E-state index in [1.54, 1.807) is 19.1 Å². The minimum Gasteiger partial charge on any atom is -0.459 e. The topological polar surface area (TPSA) is 100 Å². The molecule has 3 N–H and O–H groups in total. The van der Waals surface area contributed by atoms with Crippen LogP contribution in [-0.2, 0) is 4.79 Å². The number of hydrogen-bond donors (Lipinski definition) is 3. The van der Waals surface area contributed by atoms with E-state index >= 15 is 0 Å². The first-order chi connectivity index (χ1) is 12.0. The molecule has 1 aromatic carbocycles. The summed E-state index contributed by atoms with van der Waals surface area (Å²) in [5.41, 5.74) is 2.92. The summed E-state index contributed by atoms with van der Waals surface area (Å²) in [7, 11) is 0. The van der Waals surface area contributed by atoms with Crippen LogP contribution in [0.2, 0.25) is 0 Å². The van der Waals surface area contributed by atoms with Gasteiger partial charge in [-0.3, -0.25) is 14.7 Å². The Kier molecular flexibility index (Phi) is 4.65. The maximum atomic E-state index is 12.2. The van der Waals surface area contributed by atoms with Gasteiger partial charge in [-0.25, -0.2) is 0 Å². The van der Waals surface area contributed by atoms with Gasteiger partial charge in [-0.05, 0) is 31.5 Å².